The number of ether oxygens (including phenoxy) is 2. The van der Waals surface area contributed by atoms with Crippen LogP contribution in [-0.4, -0.2) is 24.2 Å². The monoisotopic (exact) mass is 245 g/mol. The molecular formula is C13H15N3O2. The van der Waals surface area contributed by atoms with Crippen molar-refractivity contribution in [2.75, 3.05) is 20.0 Å². The van der Waals surface area contributed by atoms with Crippen molar-refractivity contribution >= 4 is 5.82 Å². The zero-order chi connectivity index (χ0) is 13.1. The molecule has 0 spiro atoms. The fourth-order valence-electron chi connectivity index (χ4n) is 1.76. The standard InChI is InChI=1S/C13H15N3O2/c1-8-9(4-6-11(14)15-8)10-5-7-12(17-2)16-13(10)18-3/h4-7H,1-3H3,(H2,14,15). The molecule has 94 valence electrons. The molecule has 0 amide bonds. The molecule has 0 bridgehead atoms. The molecule has 0 fully saturated rings. The Balaban J connectivity index is 2.56. The molecule has 5 heteroatoms. The first kappa shape index (κ1) is 12.2. The van der Waals surface area contributed by atoms with E-state index in [1.807, 2.05) is 19.1 Å². The maximum Gasteiger partial charge on any atom is 0.224 e. The molecule has 0 saturated heterocycles. The van der Waals surface area contributed by atoms with E-state index in [4.69, 9.17) is 15.2 Å². The molecule has 5 nitrogen and oxygen atoms in total. The maximum atomic E-state index is 5.64. The van der Waals surface area contributed by atoms with E-state index in [9.17, 15) is 0 Å². The third-order valence-corrected chi connectivity index (χ3v) is 2.63. The number of pyridine rings is 2. The minimum absolute atomic E-state index is 0.497. The van der Waals surface area contributed by atoms with Crippen molar-refractivity contribution in [3.63, 3.8) is 0 Å². The molecule has 2 heterocycles. The number of aryl methyl sites for hydroxylation is 1. The molecule has 0 aliphatic rings. The Morgan fingerprint density at radius 3 is 2.28 bits per heavy atom. The second-order valence-corrected chi connectivity index (χ2v) is 3.78. The number of aromatic nitrogens is 2. The van der Waals surface area contributed by atoms with Crippen LogP contribution in [0.4, 0.5) is 5.82 Å². The van der Waals surface area contributed by atoms with Gasteiger partial charge in [-0.15, -0.1) is 0 Å². The summed E-state index contributed by atoms with van der Waals surface area (Å²) in [5.41, 5.74) is 8.28. The number of methoxy groups -OCH3 is 2. The van der Waals surface area contributed by atoms with Crippen LogP contribution in [0.25, 0.3) is 11.1 Å². The van der Waals surface area contributed by atoms with Gasteiger partial charge in [0.05, 0.1) is 14.2 Å². The summed E-state index contributed by atoms with van der Waals surface area (Å²) in [4.78, 5) is 8.48. The highest BCUT2D eigenvalue weighted by Gasteiger charge is 2.12. The Morgan fingerprint density at radius 2 is 1.67 bits per heavy atom. The van der Waals surface area contributed by atoms with Crippen molar-refractivity contribution in [1.29, 1.82) is 0 Å². The van der Waals surface area contributed by atoms with Gasteiger partial charge in [0.1, 0.15) is 5.82 Å². The van der Waals surface area contributed by atoms with Crippen LogP contribution < -0.4 is 15.2 Å². The third kappa shape index (κ3) is 2.20. The van der Waals surface area contributed by atoms with E-state index in [1.165, 1.54) is 0 Å². The average Bonchev–Trinajstić information content (AvgIpc) is 2.38. The Hall–Kier alpha value is -2.30. The van der Waals surface area contributed by atoms with Crippen LogP contribution >= 0.6 is 0 Å². The van der Waals surface area contributed by atoms with E-state index in [-0.39, 0.29) is 0 Å². The minimum Gasteiger partial charge on any atom is -0.481 e. The second-order valence-electron chi connectivity index (χ2n) is 3.78. The van der Waals surface area contributed by atoms with Gasteiger partial charge in [0, 0.05) is 22.9 Å². The van der Waals surface area contributed by atoms with E-state index in [0.717, 1.165) is 16.8 Å². The molecule has 0 unspecified atom stereocenters. The molecule has 2 N–H and O–H groups in total. The fourth-order valence-corrected chi connectivity index (χ4v) is 1.76. The van der Waals surface area contributed by atoms with Crippen molar-refractivity contribution in [3.8, 4) is 22.9 Å². The maximum absolute atomic E-state index is 5.64. The quantitative estimate of drug-likeness (QED) is 0.896. The SMILES string of the molecule is COc1ccc(-c2ccc(N)nc2C)c(OC)n1. The lowest BCUT2D eigenvalue weighted by Gasteiger charge is -2.11. The summed E-state index contributed by atoms with van der Waals surface area (Å²) in [6, 6.07) is 7.34. The third-order valence-electron chi connectivity index (χ3n) is 2.63. The van der Waals surface area contributed by atoms with Gasteiger partial charge in [-0.25, -0.2) is 4.98 Å². The van der Waals surface area contributed by atoms with Gasteiger partial charge in [-0.1, -0.05) is 0 Å². The Labute approximate surface area is 106 Å². The average molecular weight is 245 g/mol. The number of hydrogen-bond donors (Lipinski definition) is 1. The molecule has 0 radical (unpaired) electrons. The number of anilines is 1. The summed E-state index contributed by atoms with van der Waals surface area (Å²) < 4.78 is 10.3. The molecule has 0 saturated carbocycles. The van der Waals surface area contributed by atoms with Gasteiger partial charge in [0.2, 0.25) is 11.8 Å². The molecule has 0 atom stereocenters. The van der Waals surface area contributed by atoms with E-state index >= 15 is 0 Å². The lowest BCUT2D eigenvalue weighted by molar-refractivity contribution is 0.366. The molecule has 2 aromatic rings. The van der Waals surface area contributed by atoms with Crippen molar-refractivity contribution in [2.24, 2.45) is 0 Å². The number of nitrogens with zero attached hydrogens (tertiary/aromatic N) is 2. The fraction of sp³-hybridized carbons (Fsp3) is 0.231. The van der Waals surface area contributed by atoms with E-state index in [0.29, 0.717) is 17.6 Å². The van der Waals surface area contributed by atoms with Crippen molar-refractivity contribution < 1.29 is 9.47 Å². The van der Waals surface area contributed by atoms with Gasteiger partial charge < -0.3 is 15.2 Å². The summed E-state index contributed by atoms with van der Waals surface area (Å²) in [5.74, 6) is 1.51. The predicted octanol–water partition coefficient (Wildman–Crippen LogP) is 2.05. The van der Waals surface area contributed by atoms with Gasteiger partial charge in [0.25, 0.3) is 0 Å². The number of nitrogen functional groups attached to an aromatic ring is 1. The van der Waals surface area contributed by atoms with Crippen LogP contribution in [-0.2, 0) is 0 Å². The first-order chi connectivity index (χ1) is 8.65. The first-order valence-electron chi connectivity index (χ1n) is 5.48. The number of nitrogens with two attached hydrogens (primary N) is 1. The molecule has 0 aromatic carbocycles. The van der Waals surface area contributed by atoms with Crippen molar-refractivity contribution in [2.45, 2.75) is 6.92 Å². The molecule has 2 aromatic heterocycles. The highest BCUT2D eigenvalue weighted by molar-refractivity contribution is 5.71. The topological polar surface area (TPSA) is 70.3 Å². The largest absolute Gasteiger partial charge is 0.481 e. The second kappa shape index (κ2) is 4.91. The summed E-state index contributed by atoms with van der Waals surface area (Å²) in [7, 11) is 3.14. The Bertz CT molecular complexity index is 570. The van der Waals surface area contributed by atoms with Gasteiger partial charge in [0.15, 0.2) is 0 Å². The molecular weight excluding hydrogens is 230 g/mol. The van der Waals surface area contributed by atoms with Crippen LogP contribution in [0.1, 0.15) is 5.69 Å². The minimum atomic E-state index is 0.497. The smallest absolute Gasteiger partial charge is 0.224 e. The van der Waals surface area contributed by atoms with Crippen LogP contribution in [0, 0.1) is 6.92 Å². The van der Waals surface area contributed by atoms with E-state index < -0.39 is 0 Å². The first-order valence-corrected chi connectivity index (χ1v) is 5.48. The summed E-state index contributed by atoms with van der Waals surface area (Å²) in [5, 5.41) is 0. The number of rotatable bonds is 3. The zero-order valence-electron chi connectivity index (χ0n) is 10.6. The van der Waals surface area contributed by atoms with Crippen molar-refractivity contribution in [1.82, 2.24) is 9.97 Å². The number of hydrogen-bond acceptors (Lipinski definition) is 5. The lowest BCUT2D eigenvalue weighted by Crippen LogP contribution is -1.98. The highest BCUT2D eigenvalue weighted by atomic mass is 16.5. The summed E-state index contributed by atoms with van der Waals surface area (Å²) in [6.07, 6.45) is 0. The van der Waals surface area contributed by atoms with Gasteiger partial charge in [-0.05, 0) is 25.1 Å². The van der Waals surface area contributed by atoms with Crippen LogP contribution in [0.15, 0.2) is 24.3 Å². The Morgan fingerprint density at radius 1 is 0.944 bits per heavy atom. The predicted molar refractivity (Wildman–Crippen MR) is 69.7 cm³/mol. The molecule has 0 aliphatic carbocycles. The highest BCUT2D eigenvalue weighted by Crippen LogP contribution is 2.32. The van der Waals surface area contributed by atoms with Crippen LogP contribution in [0.3, 0.4) is 0 Å². The molecule has 2 rings (SSSR count). The van der Waals surface area contributed by atoms with Crippen LogP contribution in [0.2, 0.25) is 0 Å². The van der Waals surface area contributed by atoms with Gasteiger partial charge >= 0.3 is 0 Å². The van der Waals surface area contributed by atoms with E-state index in [2.05, 4.69) is 9.97 Å². The normalized spacial score (nSPS) is 10.2. The van der Waals surface area contributed by atoms with Gasteiger partial charge in [-0.2, -0.15) is 4.98 Å². The summed E-state index contributed by atoms with van der Waals surface area (Å²) in [6.45, 7) is 1.90. The van der Waals surface area contributed by atoms with Crippen LogP contribution in [0.5, 0.6) is 11.8 Å². The molecule has 18 heavy (non-hydrogen) atoms. The van der Waals surface area contributed by atoms with Crippen molar-refractivity contribution in [3.05, 3.63) is 30.0 Å². The van der Waals surface area contributed by atoms with Gasteiger partial charge in [-0.3, -0.25) is 0 Å². The molecule has 0 aliphatic heterocycles. The zero-order valence-corrected chi connectivity index (χ0v) is 10.6. The lowest BCUT2D eigenvalue weighted by atomic mass is 10.1. The Kier molecular flexibility index (Phi) is 3.32. The van der Waals surface area contributed by atoms with E-state index in [1.54, 1.807) is 26.4 Å². The summed E-state index contributed by atoms with van der Waals surface area (Å²) >= 11 is 0.